The molecule has 3 nitrogen and oxygen atoms in total. The highest BCUT2D eigenvalue weighted by Gasteiger charge is 1.97. The lowest BCUT2D eigenvalue weighted by Crippen LogP contribution is -2.22. The number of nitrogens with one attached hydrogen (secondary N) is 1. The minimum absolute atomic E-state index is 0.198. The van der Waals surface area contributed by atoms with Crippen LogP contribution in [0.4, 0.5) is 10.1 Å². The van der Waals surface area contributed by atoms with Crippen LogP contribution in [-0.4, -0.2) is 12.5 Å². The van der Waals surface area contributed by atoms with E-state index in [9.17, 15) is 4.39 Å². The Labute approximate surface area is 124 Å². The quantitative estimate of drug-likeness (QED) is 0.502. The molecule has 0 radical (unpaired) electrons. The molecular formula is C17H20FN3. The summed E-state index contributed by atoms with van der Waals surface area (Å²) in [6.07, 6.45) is 1.62. The minimum atomic E-state index is -0.198. The van der Waals surface area contributed by atoms with Crippen LogP contribution < -0.4 is 11.1 Å². The molecule has 0 bridgehead atoms. The van der Waals surface area contributed by atoms with Gasteiger partial charge >= 0.3 is 0 Å². The lowest BCUT2D eigenvalue weighted by atomic mass is 10.1. The Morgan fingerprint density at radius 2 is 2.00 bits per heavy atom. The second-order valence-corrected chi connectivity index (χ2v) is 4.99. The molecule has 0 unspecified atom stereocenters. The summed E-state index contributed by atoms with van der Waals surface area (Å²) < 4.78 is 13.0. The summed E-state index contributed by atoms with van der Waals surface area (Å²) in [5.41, 5.74) is 8.92. The molecule has 2 aromatic rings. The molecule has 3 N–H and O–H groups in total. The summed E-state index contributed by atoms with van der Waals surface area (Å²) >= 11 is 0. The predicted octanol–water partition coefficient (Wildman–Crippen LogP) is 3.49. The van der Waals surface area contributed by atoms with Crippen LogP contribution in [-0.2, 0) is 6.42 Å². The Kier molecular flexibility index (Phi) is 5.32. The summed E-state index contributed by atoms with van der Waals surface area (Å²) in [7, 11) is 0. The number of hydrogen-bond acceptors (Lipinski definition) is 1. The number of nitrogens with two attached hydrogens (primary N) is 1. The van der Waals surface area contributed by atoms with Gasteiger partial charge in [0.2, 0.25) is 0 Å². The fourth-order valence-corrected chi connectivity index (χ4v) is 2.09. The first-order valence-corrected chi connectivity index (χ1v) is 7.01. The van der Waals surface area contributed by atoms with Crippen molar-refractivity contribution in [2.75, 3.05) is 11.9 Å². The number of nitrogens with zero attached hydrogens (tertiary/aromatic N) is 1. The number of aryl methyl sites for hydroxylation is 2. The number of guanidine groups is 1. The van der Waals surface area contributed by atoms with Gasteiger partial charge in [-0.05, 0) is 55.2 Å². The maximum Gasteiger partial charge on any atom is 0.193 e. The smallest absolute Gasteiger partial charge is 0.193 e. The van der Waals surface area contributed by atoms with Gasteiger partial charge in [-0.25, -0.2) is 4.39 Å². The zero-order chi connectivity index (χ0) is 15.1. The van der Waals surface area contributed by atoms with E-state index >= 15 is 0 Å². The van der Waals surface area contributed by atoms with Crippen molar-refractivity contribution in [2.24, 2.45) is 10.7 Å². The molecule has 110 valence electrons. The number of aliphatic imine (C=N–C) groups is 1. The van der Waals surface area contributed by atoms with E-state index in [0.29, 0.717) is 12.5 Å². The summed E-state index contributed by atoms with van der Waals surface area (Å²) in [5.74, 6) is 0.205. The normalized spacial score (nSPS) is 11.4. The summed E-state index contributed by atoms with van der Waals surface area (Å²) in [5, 5.41) is 3.06. The van der Waals surface area contributed by atoms with E-state index in [4.69, 9.17) is 5.73 Å². The molecule has 0 atom stereocenters. The van der Waals surface area contributed by atoms with Gasteiger partial charge in [0.1, 0.15) is 5.82 Å². The Bertz CT molecular complexity index is 623. The third kappa shape index (κ3) is 5.26. The molecule has 0 saturated heterocycles. The summed E-state index contributed by atoms with van der Waals surface area (Å²) in [6.45, 7) is 2.64. The Balaban J connectivity index is 1.78. The maximum absolute atomic E-state index is 13.0. The predicted molar refractivity (Wildman–Crippen MR) is 86.0 cm³/mol. The van der Waals surface area contributed by atoms with Crippen LogP contribution in [0.3, 0.4) is 0 Å². The summed E-state index contributed by atoms with van der Waals surface area (Å²) in [4.78, 5) is 4.28. The third-order valence-electron chi connectivity index (χ3n) is 3.09. The minimum Gasteiger partial charge on any atom is -0.370 e. The van der Waals surface area contributed by atoms with Crippen molar-refractivity contribution < 1.29 is 4.39 Å². The zero-order valence-corrected chi connectivity index (χ0v) is 12.1. The zero-order valence-electron chi connectivity index (χ0n) is 12.1. The van der Waals surface area contributed by atoms with Gasteiger partial charge in [-0.1, -0.05) is 24.3 Å². The van der Waals surface area contributed by atoms with E-state index in [1.165, 1.54) is 11.6 Å². The Morgan fingerprint density at radius 3 is 2.76 bits per heavy atom. The lowest BCUT2D eigenvalue weighted by Gasteiger charge is -2.06. The fraction of sp³-hybridized carbons (Fsp3) is 0.235. The van der Waals surface area contributed by atoms with Crippen molar-refractivity contribution in [3.8, 4) is 0 Å². The average Bonchev–Trinajstić information content (AvgIpc) is 2.44. The molecule has 0 heterocycles. The average molecular weight is 285 g/mol. The number of anilines is 1. The van der Waals surface area contributed by atoms with Crippen molar-refractivity contribution >= 4 is 11.6 Å². The highest BCUT2D eigenvalue weighted by molar-refractivity contribution is 5.92. The second kappa shape index (κ2) is 7.43. The van der Waals surface area contributed by atoms with Gasteiger partial charge in [0.15, 0.2) is 5.96 Å². The lowest BCUT2D eigenvalue weighted by molar-refractivity contribution is 0.624. The van der Waals surface area contributed by atoms with Crippen LogP contribution in [0.2, 0.25) is 0 Å². The van der Waals surface area contributed by atoms with Crippen LogP contribution in [0, 0.1) is 12.7 Å². The van der Waals surface area contributed by atoms with Crippen LogP contribution in [0.15, 0.2) is 53.5 Å². The molecule has 0 aliphatic rings. The van der Waals surface area contributed by atoms with Crippen LogP contribution in [0.1, 0.15) is 17.5 Å². The summed E-state index contributed by atoms with van der Waals surface area (Å²) in [6, 6.07) is 14.6. The maximum atomic E-state index is 13.0. The largest absolute Gasteiger partial charge is 0.370 e. The van der Waals surface area contributed by atoms with Crippen molar-refractivity contribution in [2.45, 2.75) is 19.8 Å². The number of halogens is 1. The van der Waals surface area contributed by atoms with Gasteiger partial charge in [0, 0.05) is 12.2 Å². The molecule has 21 heavy (non-hydrogen) atoms. The van der Waals surface area contributed by atoms with E-state index in [-0.39, 0.29) is 5.82 Å². The van der Waals surface area contributed by atoms with E-state index in [1.807, 2.05) is 37.3 Å². The Hall–Kier alpha value is -2.36. The highest BCUT2D eigenvalue weighted by atomic mass is 19.1. The first kappa shape index (κ1) is 15.0. The molecule has 0 aliphatic heterocycles. The standard InChI is InChI=1S/C17H20FN3/c1-13-5-2-9-16(11-13)21-17(19)20-10-4-7-14-6-3-8-15(18)12-14/h2-3,5-6,8-9,11-12H,4,7,10H2,1H3,(H3,19,20,21). The van der Waals surface area contributed by atoms with E-state index in [2.05, 4.69) is 10.3 Å². The second-order valence-electron chi connectivity index (χ2n) is 4.99. The molecule has 2 aromatic carbocycles. The van der Waals surface area contributed by atoms with Gasteiger partial charge in [-0.2, -0.15) is 0 Å². The first-order valence-electron chi connectivity index (χ1n) is 7.01. The molecule has 0 aliphatic carbocycles. The van der Waals surface area contributed by atoms with E-state index in [1.54, 1.807) is 12.1 Å². The van der Waals surface area contributed by atoms with Crippen LogP contribution in [0.5, 0.6) is 0 Å². The van der Waals surface area contributed by atoms with Crippen LogP contribution in [0.25, 0.3) is 0 Å². The molecule has 0 aromatic heterocycles. The number of rotatable bonds is 5. The van der Waals surface area contributed by atoms with Gasteiger partial charge in [0.25, 0.3) is 0 Å². The van der Waals surface area contributed by atoms with Gasteiger partial charge < -0.3 is 11.1 Å². The highest BCUT2D eigenvalue weighted by Crippen LogP contribution is 2.09. The van der Waals surface area contributed by atoms with Crippen LogP contribution >= 0.6 is 0 Å². The van der Waals surface area contributed by atoms with Crippen molar-refractivity contribution in [1.29, 1.82) is 0 Å². The SMILES string of the molecule is Cc1cccc(NC(N)=NCCCc2cccc(F)c2)c1. The van der Waals surface area contributed by atoms with E-state index < -0.39 is 0 Å². The van der Waals surface area contributed by atoms with Crippen molar-refractivity contribution in [3.63, 3.8) is 0 Å². The fourth-order valence-electron chi connectivity index (χ4n) is 2.09. The molecule has 2 rings (SSSR count). The molecule has 4 heteroatoms. The van der Waals surface area contributed by atoms with Gasteiger partial charge in [-0.15, -0.1) is 0 Å². The molecule has 0 saturated carbocycles. The molecule has 0 amide bonds. The van der Waals surface area contributed by atoms with Crippen molar-refractivity contribution in [1.82, 2.24) is 0 Å². The van der Waals surface area contributed by atoms with Gasteiger partial charge in [-0.3, -0.25) is 4.99 Å². The van der Waals surface area contributed by atoms with Gasteiger partial charge in [0.05, 0.1) is 0 Å². The first-order chi connectivity index (χ1) is 10.1. The third-order valence-corrected chi connectivity index (χ3v) is 3.09. The monoisotopic (exact) mass is 285 g/mol. The number of hydrogen-bond donors (Lipinski definition) is 2. The number of benzene rings is 2. The molecule has 0 spiro atoms. The Morgan fingerprint density at radius 1 is 1.19 bits per heavy atom. The van der Waals surface area contributed by atoms with Crippen molar-refractivity contribution in [3.05, 3.63) is 65.5 Å². The topological polar surface area (TPSA) is 50.4 Å². The molecule has 0 fully saturated rings. The van der Waals surface area contributed by atoms with E-state index in [0.717, 1.165) is 24.1 Å². The molecular weight excluding hydrogens is 265 g/mol.